The van der Waals surface area contributed by atoms with E-state index in [1.807, 2.05) is 0 Å². The molecule has 9 nitrogen and oxygen atoms in total. The highest BCUT2D eigenvalue weighted by molar-refractivity contribution is 7.95. The quantitative estimate of drug-likeness (QED) is 0.323. The summed E-state index contributed by atoms with van der Waals surface area (Å²) in [5.41, 5.74) is 1.26. The number of urea groups is 1. The van der Waals surface area contributed by atoms with Crippen LogP contribution in [0.15, 0.2) is 0 Å². The molecule has 0 unspecified atom stereocenters. The lowest BCUT2D eigenvalue weighted by Crippen LogP contribution is -2.47. The molecule has 0 saturated heterocycles. The van der Waals surface area contributed by atoms with Crippen molar-refractivity contribution in [2.24, 2.45) is 0 Å². The number of carbonyl (C=O) groups excluding carboxylic acids is 3. The number of nitrogens with one attached hydrogen (secondary N) is 2. The fourth-order valence-corrected chi connectivity index (χ4v) is 1.85. The minimum atomic E-state index is -0.857. The van der Waals surface area contributed by atoms with Gasteiger partial charge in [0.15, 0.2) is 4.99 Å². The number of nitrogens with zero attached hydrogens (tertiary/aromatic N) is 3. The van der Waals surface area contributed by atoms with E-state index in [9.17, 15) is 14.4 Å². The molecule has 0 saturated carbocycles. The van der Waals surface area contributed by atoms with Crippen LogP contribution in [-0.4, -0.2) is 70.3 Å². The fourth-order valence-electron chi connectivity index (χ4n) is 1.04. The first-order chi connectivity index (χ1) is 10.9. The van der Waals surface area contributed by atoms with Crippen LogP contribution in [0, 0.1) is 12.3 Å². The zero-order chi connectivity index (χ0) is 19.1. The fraction of sp³-hybridized carbons (Fsp3) is 0.538. The van der Waals surface area contributed by atoms with E-state index in [0.29, 0.717) is 0 Å². The second-order valence-electron chi connectivity index (χ2n) is 5.27. The summed E-state index contributed by atoms with van der Waals surface area (Å²) in [7, 11) is 5.84. The van der Waals surface area contributed by atoms with Gasteiger partial charge in [0.25, 0.3) is 5.91 Å². The first-order valence-corrected chi connectivity index (χ1v) is 7.73. The van der Waals surface area contributed by atoms with Crippen LogP contribution < -0.4 is 10.8 Å². The first-order valence-electron chi connectivity index (χ1n) is 6.59. The minimum Gasteiger partial charge on any atom is -0.343 e. The van der Waals surface area contributed by atoms with E-state index in [2.05, 4.69) is 21.6 Å². The smallest absolute Gasteiger partial charge is 0.343 e. The van der Waals surface area contributed by atoms with Gasteiger partial charge in [0.05, 0.1) is 17.7 Å². The Morgan fingerprint density at radius 1 is 1.17 bits per heavy atom. The Bertz CT molecular complexity index is 559. The summed E-state index contributed by atoms with van der Waals surface area (Å²) in [5, 5.41) is 2.59. The number of likely N-dealkylation sites (N-methyl/N-ethyl adjacent to an activating group) is 1. The van der Waals surface area contributed by atoms with Gasteiger partial charge in [-0.25, -0.2) is 19.4 Å². The summed E-state index contributed by atoms with van der Waals surface area (Å²) in [5.74, 6) is 1.91. The molecule has 2 N–H and O–H groups in total. The van der Waals surface area contributed by atoms with Gasteiger partial charge in [-0.3, -0.25) is 9.10 Å². The SMILES string of the molecule is C#CC(C)(C)NC(=O)N(C)SN(C)C(=O)ONC(=S)C(=O)N(C)C. The van der Waals surface area contributed by atoms with Crippen molar-refractivity contribution >= 4 is 47.4 Å². The molecule has 0 aliphatic rings. The van der Waals surface area contributed by atoms with Gasteiger partial charge in [-0.05, 0) is 13.8 Å². The highest BCUT2D eigenvalue weighted by Gasteiger charge is 2.23. The van der Waals surface area contributed by atoms with Gasteiger partial charge in [0, 0.05) is 28.2 Å². The summed E-state index contributed by atoms with van der Waals surface area (Å²) in [4.78, 5) is 40.8. The number of terminal acetylenes is 1. The van der Waals surface area contributed by atoms with Crippen LogP contribution >= 0.6 is 24.4 Å². The topological polar surface area (TPSA) is 94.2 Å². The number of rotatable bonds is 3. The van der Waals surface area contributed by atoms with Crippen LogP contribution in [0.4, 0.5) is 9.59 Å². The number of amides is 4. The van der Waals surface area contributed by atoms with Crippen LogP contribution in [0.25, 0.3) is 0 Å². The predicted octanol–water partition coefficient (Wildman–Crippen LogP) is 0.591. The minimum absolute atomic E-state index is 0.270. The summed E-state index contributed by atoms with van der Waals surface area (Å²) in [6.45, 7) is 3.32. The number of hydrogen-bond donors (Lipinski definition) is 2. The van der Waals surface area contributed by atoms with Crippen molar-refractivity contribution in [1.29, 1.82) is 0 Å². The molecule has 134 valence electrons. The van der Waals surface area contributed by atoms with Gasteiger partial charge in [0.1, 0.15) is 0 Å². The summed E-state index contributed by atoms with van der Waals surface area (Å²) >= 11 is 5.53. The Labute approximate surface area is 151 Å². The third kappa shape index (κ3) is 7.38. The van der Waals surface area contributed by atoms with Crippen molar-refractivity contribution in [3.8, 4) is 12.3 Å². The maximum Gasteiger partial charge on any atom is 0.445 e. The molecular formula is C13H21N5O4S2. The van der Waals surface area contributed by atoms with Crippen molar-refractivity contribution in [3.63, 3.8) is 0 Å². The van der Waals surface area contributed by atoms with Crippen molar-refractivity contribution in [2.45, 2.75) is 19.4 Å². The average Bonchev–Trinajstić information content (AvgIpc) is 2.50. The Morgan fingerprint density at radius 3 is 2.17 bits per heavy atom. The monoisotopic (exact) mass is 375 g/mol. The zero-order valence-corrected chi connectivity index (χ0v) is 16.0. The molecule has 0 rings (SSSR count). The third-order valence-corrected chi connectivity index (χ3v) is 3.46. The van der Waals surface area contributed by atoms with Gasteiger partial charge < -0.3 is 15.1 Å². The van der Waals surface area contributed by atoms with Crippen LogP contribution in [0.3, 0.4) is 0 Å². The molecule has 0 aromatic rings. The molecule has 0 spiro atoms. The normalized spacial score (nSPS) is 10.0. The highest BCUT2D eigenvalue weighted by atomic mass is 32.2. The maximum absolute atomic E-state index is 11.9. The van der Waals surface area contributed by atoms with Crippen LogP contribution in [0.2, 0.25) is 0 Å². The predicted molar refractivity (Wildman–Crippen MR) is 95.5 cm³/mol. The number of carbonyl (C=O) groups is 3. The Kier molecular flexibility index (Phi) is 8.35. The second kappa shape index (κ2) is 9.19. The van der Waals surface area contributed by atoms with Crippen LogP contribution in [0.5, 0.6) is 0 Å². The molecule has 4 amide bonds. The lowest BCUT2D eigenvalue weighted by Gasteiger charge is -2.26. The first kappa shape index (κ1) is 21.8. The molecule has 0 aromatic carbocycles. The van der Waals surface area contributed by atoms with Gasteiger partial charge in [-0.15, -0.1) is 6.42 Å². The van der Waals surface area contributed by atoms with Crippen molar-refractivity contribution < 1.29 is 19.2 Å². The molecule has 11 heteroatoms. The van der Waals surface area contributed by atoms with Gasteiger partial charge in [0.2, 0.25) is 0 Å². The van der Waals surface area contributed by atoms with E-state index in [1.165, 1.54) is 33.1 Å². The largest absolute Gasteiger partial charge is 0.445 e. The highest BCUT2D eigenvalue weighted by Crippen LogP contribution is 2.14. The van der Waals surface area contributed by atoms with E-state index < -0.39 is 23.6 Å². The molecule has 0 aliphatic carbocycles. The molecule has 0 bridgehead atoms. The van der Waals surface area contributed by atoms with E-state index in [-0.39, 0.29) is 4.99 Å². The number of hydrogen-bond acceptors (Lipinski definition) is 6. The number of hydroxylamine groups is 1. The molecular weight excluding hydrogens is 354 g/mol. The molecule has 0 radical (unpaired) electrons. The van der Waals surface area contributed by atoms with Gasteiger partial charge >= 0.3 is 12.1 Å². The Balaban J connectivity index is 4.46. The van der Waals surface area contributed by atoms with E-state index >= 15 is 0 Å². The standard InChI is InChI=1S/C13H21N5O4S2/c1-8-13(2,3)14-11(20)17(6)24-18(7)12(21)22-15-9(23)10(19)16(4)5/h1H,2-7H3,(H,14,20)(H,15,23). The van der Waals surface area contributed by atoms with E-state index in [4.69, 9.17) is 18.6 Å². The van der Waals surface area contributed by atoms with E-state index in [0.717, 1.165) is 20.7 Å². The lowest BCUT2D eigenvalue weighted by atomic mass is 10.1. The Morgan fingerprint density at radius 2 is 1.71 bits per heavy atom. The zero-order valence-electron chi connectivity index (χ0n) is 14.4. The third-order valence-electron chi connectivity index (χ3n) is 2.40. The van der Waals surface area contributed by atoms with Crippen LogP contribution in [-0.2, 0) is 9.63 Å². The Hall–Kier alpha value is -2.19. The molecule has 24 heavy (non-hydrogen) atoms. The average molecular weight is 375 g/mol. The van der Waals surface area contributed by atoms with Gasteiger partial charge in [-0.1, -0.05) is 18.1 Å². The van der Waals surface area contributed by atoms with Crippen molar-refractivity contribution in [1.82, 2.24) is 24.3 Å². The molecule has 0 aliphatic heterocycles. The molecule has 0 atom stereocenters. The molecule has 0 fully saturated rings. The maximum atomic E-state index is 11.9. The second-order valence-corrected chi connectivity index (χ2v) is 6.94. The summed E-state index contributed by atoms with van der Waals surface area (Å²) in [6, 6.07) is -0.492. The van der Waals surface area contributed by atoms with E-state index in [1.54, 1.807) is 13.8 Å². The lowest BCUT2D eigenvalue weighted by molar-refractivity contribution is -0.122. The van der Waals surface area contributed by atoms with Crippen molar-refractivity contribution in [2.75, 3.05) is 28.2 Å². The van der Waals surface area contributed by atoms with Crippen molar-refractivity contribution in [3.05, 3.63) is 0 Å². The molecule has 0 heterocycles. The number of thiocarbonyl (C=S) groups is 1. The summed E-state index contributed by atoms with van der Waals surface area (Å²) < 4.78 is 2.18. The summed E-state index contributed by atoms with van der Waals surface area (Å²) in [6.07, 6.45) is 4.44. The van der Waals surface area contributed by atoms with Gasteiger partial charge in [-0.2, -0.15) is 0 Å². The molecule has 0 aromatic heterocycles. The van der Waals surface area contributed by atoms with Crippen LogP contribution in [0.1, 0.15) is 13.8 Å².